The summed E-state index contributed by atoms with van der Waals surface area (Å²) < 4.78 is 45.2. The Bertz CT molecular complexity index is 389. The Balaban J connectivity index is 2.00. The summed E-state index contributed by atoms with van der Waals surface area (Å²) in [5.41, 5.74) is 0.792. The van der Waals surface area contributed by atoms with Gasteiger partial charge in [0.15, 0.2) is 0 Å². The van der Waals surface area contributed by atoms with Crippen LogP contribution in [0.4, 0.5) is 13.2 Å². The average molecular weight is 262 g/mol. The first-order chi connectivity index (χ1) is 8.48. The summed E-state index contributed by atoms with van der Waals surface area (Å²) in [6.45, 7) is -0.0359. The molecule has 1 aliphatic rings. The summed E-state index contributed by atoms with van der Waals surface area (Å²) in [5.74, 6) is -0.247. The molecular weight excluding hydrogens is 249 g/mol. The predicted octanol–water partition coefficient (Wildman–Crippen LogP) is 2.80. The summed E-state index contributed by atoms with van der Waals surface area (Å²) in [4.78, 5) is 0. The third kappa shape index (κ3) is 3.36. The Morgan fingerprint density at radius 1 is 1.22 bits per heavy atom. The number of ether oxygens (including phenoxy) is 2. The van der Waals surface area contributed by atoms with E-state index in [0.717, 1.165) is 18.4 Å². The first kappa shape index (κ1) is 13.2. The minimum atomic E-state index is -4.67. The van der Waals surface area contributed by atoms with Crippen LogP contribution >= 0.6 is 0 Å². The molecule has 6 heteroatoms. The Morgan fingerprint density at radius 2 is 1.89 bits per heavy atom. The van der Waals surface area contributed by atoms with Crippen LogP contribution < -0.4 is 4.74 Å². The summed E-state index contributed by atoms with van der Waals surface area (Å²) in [7, 11) is 0. The molecule has 0 spiro atoms. The van der Waals surface area contributed by atoms with E-state index in [1.807, 2.05) is 0 Å². The largest absolute Gasteiger partial charge is 0.573 e. The van der Waals surface area contributed by atoms with Gasteiger partial charge < -0.3 is 14.6 Å². The minimum absolute atomic E-state index is 0.0359. The number of aliphatic hydroxyl groups excluding tert-OH is 1. The van der Waals surface area contributed by atoms with Crippen molar-refractivity contribution >= 4 is 0 Å². The van der Waals surface area contributed by atoms with Crippen molar-refractivity contribution in [1.29, 1.82) is 0 Å². The molecule has 0 amide bonds. The molecular formula is C12H13F3O3. The minimum Gasteiger partial charge on any atom is -0.406 e. The second-order valence-electron chi connectivity index (χ2n) is 4.12. The fraction of sp³-hybridized carbons (Fsp3) is 0.500. The molecule has 0 bridgehead atoms. The van der Waals surface area contributed by atoms with Crippen LogP contribution in [0.25, 0.3) is 0 Å². The van der Waals surface area contributed by atoms with Crippen molar-refractivity contribution in [3.05, 3.63) is 29.8 Å². The van der Waals surface area contributed by atoms with E-state index >= 15 is 0 Å². The van der Waals surface area contributed by atoms with Gasteiger partial charge in [0.05, 0.1) is 18.8 Å². The number of benzene rings is 1. The van der Waals surface area contributed by atoms with Crippen molar-refractivity contribution in [3.63, 3.8) is 0 Å². The van der Waals surface area contributed by atoms with Crippen molar-refractivity contribution in [3.8, 4) is 5.75 Å². The zero-order chi connectivity index (χ0) is 13.2. The normalized spacial score (nSPS) is 24.2. The van der Waals surface area contributed by atoms with E-state index in [0.29, 0.717) is 0 Å². The maximum atomic E-state index is 12.0. The Kier molecular flexibility index (Phi) is 3.77. The van der Waals surface area contributed by atoms with Crippen LogP contribution in [-0.4, -0.2) is 24.2 Å². The zero-order valence-electron chi connectivity index (χ0n) is 9.48. The maximum absolute atomic E-state index is 12.0. The highest BCUT2D eigenvalue weighted by molar-refractivity contribution is 5.29. The van der Waals surface area contributed by atoms with Crippen molar-refractivity contribution in [2.24, 2.45) is 0 Å². The van der Waals surface area contributed by atoms with Gasteiger partial charge in [-0.05, 0) is 30.5 Å². The van der Waals surface area contributed by atoms with Crippen LogP contribution in [0.3, 0.4) is 0 Å². The molecule has 1 saturated heterocycles. The van der Waals surface area contributed by atoms with Crippen molar-refractivity contribution in [1.82, 2.24) is 0 Å². The SMILES string of the molecule is OC[C@H]1CC[C@@H](c2ccc(OC(F)(F)F)cc2)O1. The summed E-state index contributed by atoms with van der Waals surface area (Å²) >= 11 is 0. The van der Waals surface area contributed by atoms with Gasteiger partial charge in [-0.15, -0.1) is 13.2 Å². The van der Waals surface area contributed by atoms with E-state index in [1.54, 1.807) is 12.1 Å². The van der Waals surface area contributed by atoms with Gasteiger partial charge in [0.2, 0.25) is 0 Å². The van der Waals surface area contributed by atoms with Crippen molar-refractivity contribution in [2.45, 2.75) is 31.4 Å². The standard InChI is InChI=1S/C12H13F3O3/c13-12(14,15)18-9-3-1-8(2-4-9)11-6-5-10(7-16)17-11/h1-4,10-11,16H,5-7H2/t10-,11+/m1/s1. The average Bonchev–Trinajstić information content (AvgIpc) is 2.76. The lowest BCUT2D eigenvalue weighted by atomic mass is 10.1. The van der Waals surface area contributed by atoms with Gasteiger partial charge in [-0.25, -0.2) is 0 Å². The fourth-order valence-corrected chi connectivity index (χ4v) is 1.97. The third-order valence-corrected chi connectivity index (χ3v) is 2.80. The van der Waals surface area contributed by atoms with E-state index in [1.165, 1.54) is 12.1 Å². The molecule has 1 heterocycles. The Morgan fingerprint density at radius 3 is 2.39 bits per heavy atom. The zero-order valence-corrected chi connectivity index (χ0v) is 9.48. The molecule has 0 aliphatic carbocycles. The smallest absolute Gasteiger partial charge is 0.406 e. The number of rotatable bonds is 3. The van der Waals surface area contributed by atoms with Crippen LogP contribution in [0, 0.1) is 0 Å². The lowest BCUT2D eigenvalue weighted by Gasteiger charge is -2.13. The van der Waals surface area contributed by atoms with Crippen LogP contribution in [0.5, 0.6) is 5.75 Å². The first-order valence-corrected chi connectivity index (χ1v) is 5.60. The molecule has 1 fully saturated rings. The molecule has 0 unspecified atom stereocenters. The lowest BCUT2D eigenvalue weighted by molar-refractivity contribution is -0.274. The van der Waals surface area contributed by atoms with E-state index < -0.39 is 6.36 Å². The van der Waals surface area contributed by atoms with E-state index in [-0.39, 0.29) is 24.6 Å². The quantitative estimate of drug-likeness (QED) is 0.910. The maximum Gasteiger partial charge on any atom is 0.573 e. The van der Waals surface area contributed by atoms with Gasteiger partial charge in [-0.3, -0.25) is 0 Å². The van der Waals surface area contributed by atoms with E-state index in [2.05, 4.69) is 4.74 Å². The number of hydrogen-bond donors (Lipinski definition) is 1. The number of alkyl halides is 3. The van der Waals surface area contributed by atoms with Gasteiger partial charge in [-0.2, -0.15) is 0 Å². The van der Waals surface area contributed by atoms with Gasteiger partial charge in [0.25, 0.3) is 0 Å². The van der Waals surface area contributed by atoms with Gasteiger partial charge in [0.1, 0.15) is 5.75 Å². The molecule has 0 radical (unpaired) electrons. The molecule has 0 aromatic heterocycles. The number of hydrogen-bond acceptors (Lipinski definition) is 3. The first-order valence-electron chi connectivity index (χ1n) is 5.60. The van der Waals surface area contributed by atoms with Crippen LogP contribution in [0.1, 0.15) is 24.5 Å². The number of aliphatic hydroxyl groups is 1. The van der Waals surface area contributed by atoms with Crippen molar-refractivity contribution in [2.75, 3.05) is 6.61 Å². The van der Waals surface area contributed by atoms with Crippen LogP contribution in [0.15, 0.2) is 24.3 Å². The summed E-state index contributed by atoms with van der Waals surface area (Å²) in [6.07, 6.45) is -3.51. The summed E-state index contributed by atoms with van der Waals surface area (Å²) in [5, 5.41) is 8.93. The van der Waals surface area contributed by atoms with E-state index in [4.69, 9.17) is 9.84 Å². The second kappa shape index (κ2) is 5.16. The molecule has 3 nitrogen and oxygen atoms in total. The van der Waals surface area contributed by atoms with Gasteiger partial charge in [-0.1, -0.05) is 12.1 Å². The molecule has 100 valence electrons. The molecule has 18 heavy (non-hydrogen) atoms. The van der Waals surface area contributed by atoms with Crippen LogP contribution in [0.2, 0.25) is 0 Å². The highest BCUT2D eigenvalue weighted by atomic mass is 19.4. The van der Waals surface area contributed by atoms with E-state index in [9.17, 15) is 13.2 Å². The molecule has 1 aromatic rings. The topological polar surface area (TPSA) is 38.7 Å². The molecule has 2 rings (SSSR count). The number of halogens is 3. The highest BCUT2D eigenvalue weighted by Crippen LogP contribution is 2.33. The molecule has 2 atom stereocenters. The molecule has 0 saturated carbocycles. The molecule has 1 aliphatic heterocycles. The van der Waals surface area contributed by atoms with Gasteiger partial charge >= 0.3 is 6.36 Å². The summed E-state index contributed by atoms with van der Waals surface area (Å²) in [6, 6.07) is 5.62. The van der Waals surface area contributed by atoms with Gasteiger partial charge in [0, 0.05) is 0 Å². The second-order valence-corrected chi connectivity index (χ2v) is 4.12. The highest BCUT2D eigenvalue weighted by Gasteiger charge is 2.31. The predicted molar refractivity (Wildman–Crippen MR) is 57.1 cm³/mol. The Hall–Kier alpha value is -1.27. The molecule has 1 aromatic carbocycles. The lowest BCUT2D eigenvalue weighted by Crippen LogP contribution is -2.17. The van der Waals surface area contributed by atoms with Crippen LogP contribution in [-0.2, 0) is 4.74 Å². The third-order valence-electron chi connectivity index (χ3n) is 2.80. The fourth-order valence-electron chi connectivity index (χ4n) is 1.97. The Labute approximate surface area is 102 Å². The van der Waals surface area contributed by atoms with Crippen molar-refractivity contribution < 1.29 is 27.8 Å². The monoisotopic (exact) mass is 262 g/mol. The molecule has 1 N–H and O–H groups in total.